The van der Waals surface area contributed by atoms with Crippen molar-refractivity contribution in [1.29, 1.82) is 0 Å². The number of benzene rings is 1. The van der Waals surface area contributed by atoms with Crippen molar-refractivity contribution in [2.45, 2.75) is 38.5 Å². The Labute approximate surface area is 121 Å². The van der Waals surface area contributed by atoms with Gasteiger partial charge in [0.2, 0.25) is 5.91 Å². The van der Waals surface area contributed by atoms with Crippen LogP contribution in [0.2, 0.25) is 0 Å². The van der Waals surface area contributed by atoms with Crippen LogP contribution in [0.3, 0.4) is 0 Å². The third-order valence-electron chi connectivity index (χ3n) is 4.92. The minimum Gasteiger partial charge on any atom is -0.317 e. The topological polar surface area (TPSA) is 32.3 Å². The molecule has 0 atom stereocenters. The second kappa shape index (κ2) is 4.88. The molecule has 0 unspecified atom stereocenters. The van der Waals surface area contributed by atoms with E-state index in [2.05, 4.69) is 23.5 Å². The van der Waals surface area contributed by atoms with Crippen molar-refractivity contribution < 1.29 is 4.79 Å². The average Bonchev–Trinajstić information content (AvgIpc) is 2.62. The number of piperidine rings is 1. The minimum atomic E-state index is -0.381. The van der Waals surface area contributed by atoms with E-state index in [9.17, 15) is 4.79 Å². The summed E-state index contributed by atoms with van der Waals surface area (Å²) >= 11 is 0. The van der Waals surface area contributed by atoms with Crippen molar-refractivity contribution in [3.05, 3.63) is 29.3 Å². The van der Waals surface area contributed by atoms with E-state index < -0.39 is 0 Å². The summed E-state index contributed by atoms with van der Waals surface area (Å²) < 4.78 is 0. The molecule has 2 heterocycles. The first kappa shape index (κ1) is 13.6. The first-order chi connectivity index (χ1) is 9.50. The highest BCUT2D eigenvalue weighted by atomic mass is 16.2. The van der Waals surface area contributed by atoms with Gasteiger partial charge in [0.25, 0.3) is 0 Å². The van der Waals surface area contributed by atoms with Gasteiger partial charge >= 0.3 is 0 Å². The summed E-state index contributed by atoms with van der Waals surface area (Å²) in [4.78, 5) is 14.1. The van der Waals surface area contributed by atoms with Gasteiger partial charge in [0.15, 0.2) is 0 Å². The molecule has 1 N–H and O–H groups in total. The lowest BCUT2D eigenvalue weighted by atomic mass is 9.83. The van der Waals surface area contributed by atoms with Crippen LogP contribution in [-0.2, 0) is 16.6 Å². The fraction of sp³-hybridized carbons (Fsp3) is 0.588. The van der Waals surface area contributed by atoms with Crippen LogP contribution in [0.15, 0.2) is 18.2 Å². The molecule has 3 heteroatoms. The van der Waals surface area contributed by atoms with E-state index in [4.69, 9.17) is 0 Å². The highest BCUT2D eigenvalue weighted by molar-refractivity contribution is 6.07. The molecule has 20 heavy (non-hydrogen) atoms. The SMILES string of the molecule is CN1C(=O)C(C)(C)c2cc(CC3CCNCC3)ccc21. The number of hydrogen-bond acceptors (Lipinski definition) is 2. The Morgan fingerprint density at radius 3 is 2.70 bits per heavy atom. The number of likely N-dealkylation sites (N-methyl/N-ethyl adjacent to an activating group) is 1. The summed E-state index contributed by atoms with van der Waals surface area (Å²) in [7, 11) is 1.88. The third-order valence-corrected chi connectivity index (χ3v) is 4.92. The predicted molar refractivity (Wildman–Crippen MR) is 82.2 cm³/mol. The lowest BCUT2D eigenvalue weighted by molar-refractivity contribution is -0.121. The molecule has 2 aliphatic rings. The Morgan fingerprint density at radius 2 is 2.00 bits per heavy atom. The van der Waals surface area contributed by atoms with E-state index in [-0.39, 0.29) is 11.3 Å². The summed E-state index contributed by atoms with van der Waals surface area (Å²) in [5.74, 6) is 0.985. The Kier molecular flexibility index (Phi) is 3.33. The minimum absolute atomic E-state index is 0.200. The second-order valence-electron chi connectivity index (χ2n) is 6.74. The van der Waals surface area contributed by atoms with E-state index in [1.807, 2.05) is 20.9 Å². The number of fused-ring (bicyclic) bond motifs is 1. The van der Waals surface area contributed by atoms with Crippen molar-refractivity contribution in [2.24, 2.45) is 5.92 Å². The van der Waals surface area contributed by atoms with Gasteiger partial charge in [0, 0.05) is 12.7 Å². The third kappa shape index (κ3) is 2.14. The van der Waals surface area contributed by atoms with Crippen LogP contribution in [0.25, 0.3) is 0 Å². The molecular weight excluding hydrogens is 248 g/mol. The van der Waals surface area contributed by atoms with Crippen LogP contribution in [0.4, 0.5) is 5.69 Å². The van der Waals surface area contributed by atoms with E-state index >= 15 is 0 Å². The number of carbonyl (C=O) groups is 1. The number of hydrogen-bond donors (Lipinski definition) is 1. The van der Waals surface area contributed by atoms with Gasteiger partial charge < -0.3 is 10.2 Å². The molecule has 1 saturated heterocycles. The summed E-state index contributed by atoms with van der Waals surface area (Å²) in [6.45, 7) is 6.35. The fourth-order valence-corrected chi connectivity index (χ4v) is 3.57. The van der Waals surface area contributed by atoms with Crippen LogP contribution in [0, 0.1) is 5.92 Å². The maximum Gasteiger partial charge on any atom is 0.236 e. The first-order valence-electron chi connectivity index (χ1n) is 7.62. The van der Waals surface area contributed by atoms with Crippen LogP contribution in [0.5, 0.6) is 0 Å². The molecule has 0 saturated carbocycles. The normalized spacial score (nSPS) is 22.1. The molecule has 1 aromatic rings. The molecule has 0 spiro atoms. The number of nitrogens with zero attached hydrogens (tertiary/aromatic N) is 1. The Bertz CT molecular complexity index is 530. The van der Waals surface area contributed by atoms with Crippen molar-refractivity contribution in [1.82, 2.24) is 5.32 Å². The zero-order valence-corrected chi connectivity index (χ0v) is 12.7. The fourth-order valence-electron chi connectivity index (χ4n) is 3.57. The van der Waals surface area contributed by atoms with E-state index in [1.54, 1.807) is 4.90 Å². The molecule has 108 valence electrons. The van der Waals surface area contributed by atoms with Gasteiger partial charge in [-0.05, 0) is 69.3 Å². The Balaban J connectivity index is 1.86. The van der Waals surface area contributed by atoms with E-state index in [0.717, 1.165) is 31.1 Å². The number of anilines is 1. The van der Waals surface area contributed by atoms with Gasteiger partial charge in [-0.2, -0.15) is 0 Å². The molecule has 0 aromatic heterocycles. The van der Waals surface area contributed by atoms with Crippen molar-refractivity contribution in [2.75, 3.05) is 25.0 Å². The zero-order valence-electron chi connectivity index (χ0n) is 12.7. The summed E-state index contributed by atoms with van der Waals surface area (Å²) in [6, 6.07) is 6.59. The molecule has 0 radical (unpaired) electrons. The van der Waals surface area contributed by atoms with E-state index in [0.29, 0.717) is 0 Å². The van der Waals surface area contributed by atoms with Crippen molar-refractivity contribution in [3.8, 4) is 0 Å². The Hall–Kier alpha value is -1.35. The van der Waals surface area contributed by atoms with Gasteiger partial charge in [0.1, 0.15) is 0 Å². The first-order valence-corrected chi connectivity index (χ1v) is 7.62. The van der Waals surface area contributed by atoms with Gasteiger partial charge in [-0.3, -0.25) is 4.79 Å². The molecule has 1 fully saturated rings. The van der Waals surface area contributed by atoms with Crippen LogP contribution in [0.1, 0.15) is 37.8 Å². The van der Waals surface area contributed by atoms with Crippen molar-refractivity contribution in [3.63, 3.8) is 0 Å². The molecule has 1 aromatic carbocycles. The van der Waals surface area contributed by atoms with Crippen LogP contribution >= 0.6 is 0 Å². The molecule has 2 aliphatic heterocycles. The second-order valence-corrected chi connectivity index (χ2v) is 6.74. The smallest absolute Gasteiger partial charge is 0.236 e. The number of rotatable bonds is 2. The van der Waals surface area contributed by atoms with Crippen LogP contribution in [-0.4, -0.2) is 26.0 Å². The summed E-state index contributed by atoms with van der Waals surface area (Å²) in [6.07, 6.45) is 3.67. The van der Waals surface area contributed by atoms with Gasteiger partial charge in [-0.25, -0.2) is 0 Å². The molecule has 3 nitrogen and oxygen atoms in total. The van der Waals surface area contributed by atoms with E-state index in [1.165, 1.54) is 24.0 Å². The van der Waals surface area contributed by atoms with Crippen molar-refractivity contribution >= 4 is 11.6 Å². The zero-order chi connectivity index (χ0) is 14.3. The highest BCUT2D eigenvalue weighted by Gasteiger charge is 2.42. The lowest BCUT2D eigenvalue weighted by Crippen LogP contribution is -2.33. The molecular formula is C17H24N2O. The monoisotopic (exact) mass is 272 g/mol. The van der Waals surface area contributed by atoms with Gasteiger partial charge in [0.05, 0.1) is 5.41 Å². The molecule has 1 amide bonds. The standard InChI is InChI=1S/C17H24N2O/c1-17(2)14-11-13(10-12-6-8-18-9-7-12)4-5-15(14)19(3)16(17)20/h4-5,11-12,18H,6-10H2,1-3H3. The Morgan fingerprint density at radius 1 is 1.30 bits per heavy atom. The molecule has 0 aliphatic carbocycles. The maximum atomic E-state index is 12.3. The van der Waals surface area contributed by atoms with Gasteiger partial charge in [-0.1, -0.05) is 12.1 Å². The average molecular weight is 272 g/mol. The number of carbonyl (C=O) groups excluding carboxylic acids is 1. The molecule has 3 rings (SSSR count). The molecule has 0 bridgehead atoms. The van der Waals surface area contributed by atoms with Gasteiger partial charge in [-0.15, -0.1) is 0 Å². The number of amides is 1. The summed E-state index contributed by atoms with van der Waals surface area (Å²) in [5, 5.41) is 3.42. The largest absolute Gasteiger partial charge is 0.317 e. The highest BCUT2D eigenvalue weighted by Crippen LogP contribution is 2.41. The predicted octanol–water partition coefficient (Wildman–Crippen LogP) is 2.48. The quantitative estimate of drug-likeness (QED) is 0.897. The maximum absolute atomic E-state index is 12.3. The van der Waals surface area contributed by atoms with Crippen LogP contribution < -0.4 is 10.2 Å². The summed E-state index contributed by atoms with van der Waals surface area (Å²) in [5.41, 5.74) is 3.27. The lowest BCUT2D eigenvalue weighted by Gasteiger charge is -2.23. The number of nitrogens with one attached hydrogen (secondary N) is 1.